The molecule has 0 aliphatic carbocycles. The first kappa shape index (κ1) is 16.3. The van der Waals surface area contributed by atoms with Crippen LogP contribution in [0, 0.1) is 5.92 Å². The molecule has 0 unspecified atom stereocenters. The smallest absolute Gasteiger partial charge is 0.332 e. The van der Waals surface area contributed by atoms with Crippen molar-refractivity contribution in [1.82, 2.24) is 14.0 Å². The minimum Gasteiger partial charge on any atom is -0.383 e. The lowest BCUT2D eigenvalue weighted by Gasteiger charge is -2.18. The molecule has 0 fully saturated rings. The lowest BCUT2D eigenvalue weighted by molar-refractivity contribution is 0.425. The van der Waals surface area contributed by atoms with Gasteiger partial charge in [0, 0.05) is 26.7 Å². The summed E-state index contributed by atoms with van der Waals surface area (Å²) in [5, 5.41) is 3.03. The van der Waals surface area contributed by atoms with Crippen LogP contribution in [0.5, 0.6) is 0 Å². The molecule has 20 heavy (non-hydrogen) atoms. The molecular weight excluding hydrogens is 258 g/mol. The molecule has 0 bridgehead atoms. The zero-order chi connectivity index (χ0) is 15.4. The van der Waals surface area contributed by atoms with Gasteiger partial charge in [0.15, 0.2) is 0 Å². The van der Waals surface area contributed by atoms with Crippen LogP contribution >= 0.6 is 0 Å². The zero-order valence-electron chi connectivity index (χ0n) is 12.9. The molecule has 0 aliphatic rings. The Balaban J connectivity index is 3.20. The standard InChI is InChI=1S/C13H25N5O2/c1-9(2)8-18-11(14)10(15-6-7-16(3)4)12(19)17(5)13(18)20/h9,15H,6-8,14H2,1-5H3. The normalized spacial score (nSPS) is 11.3. The number of nitrogens with two attached hydrogens (primary N) is 1. The van der Waals surface area contributed by atoms with Gasteiger partial charge in [-0.1, -0.05) is 13.8 Å². The highest BCUT2D eigenvalue weighted by Gasteiger charge is 2.15. The van der Waals surface area contributed by atoms with Crippen LogP contribution in [0.1, 0.15) is 13.8 Å². The van der Waals surface area contributed by atoms with Crippen molar-refractivity contribution in [3.63, 3.8) is 0 Å². The fourth-order valence-electron chi connectivity index (χ4n) is 1.90. The van der Waals surface area contributed by atoms with E-state index in [9.17, 15) is 9.59 Å². The number of nitrogens with one attached hydrogen (secondary N) is 1. The Morgan fingerprint density at radius 3 is 2.40 bits per heavy atom. The molecule has 0 spiro atoms. The summed E-state index contributed by atoms with van der Waals surface area (Å²) in [5.74, 6) is 0.479. The molecule has 7 heteroatoms. The first-order valence-electron chi connectivity index (χ1n) is 6.73. The van der Waals surface area contributed by atoms with Gasteiger partial charge in [-0.05, 0) is 20.0 Å². The molecule has 0 amide bonds. The predicted octanol–water partition coefficient (Wildman–Crippen LogP) is -0.241. The predicted molar refractivity (Wildman–Crippen MR) is 82.2 cm³/mol. The van der Waals surface area contributed by atoms with Crippen LogP contribution in [-0.2, 0) is 13.6 Å². The Bertz CT molecular complexity index is 571. The first-order chi connectivity index (χ1) is 9.25. The van der Waals surface area contributed by atoms with Crippen molar-refractivity contribution in [2.75, 3.05) is 38.2 Å². The molecule has 7 nitrogen and oxygen atoms in total. The van der Waals surface area contributed by atoms with E-state index in [1.54, 1.807) is 0 Å². The Morgan fingerprint density at radius 2 is 1.90 bits per heavy atom. The summed E-state index contributed by atoms with van der Waals surface area (Å²) in [6.45, 7) is 5.84. The highest BCUT2D eigenvalue weighted by atomic mass is 16.2. The summed E-state index contributed by atoms with van der Waals surface area (Å²) in [4.78, 5) is 26.2. The summed E-state index contributed by atoms with van der Waals surface area (Å²) >= 11 is 0. The summed E-state index contributed by atoms with van der Waals surface area (Å²) in [7, 11) is 5.36. The van der Waals surface area contributed by atoms with Crippen LogP contribution < -0.4 is 22.3 Å². The number of aromatic nitrogens is 2. The summed E-state index contributed by atoms with van der Waals surface area (Å²) in [6.07, 6.45) is 0. The lowest BCUT2D eigenvalue weighted by atomic mass is 10.2. The monoisotopic (exact) mass is 283 g/mol. The quantitative estimate of drug-likeness (QED) is 0.752. The van der Waals surface area contributed by atoms with Crippen molar-refractivity contribution in [2.45, 2.75) is 20.4 Å². The van der Waals surface area contributed by atoms with Crippen LogP contribution in [0.25, 0.3) is 0 Å². The second-order valence-corrected chi connectivity index (χ2v) is 5.64. The third-order valence-electron chi connectivity index (χ3n) is 2.99. The fraction of sp³-hybridized carbons (Fsp3) is 0.692. The van der Waals surface area contributed by atoms with Crippen molar-refractivity contribution in [2.24, 2.45) is 13.0 Å². The molecule has 0 saturated carbocycles. The molecule has 0 aliphatic heterocycles. The molecule has 1 aromatic heterocycles. The van der Waals surface area contributed by atoms with Crippen molar-refractivity contribution < 1.29 is 0 Å². The Hall–Kier alpha value is -1.76. The van der Waals surface area contributed by atoms with Gasteiger partial charge in [0.05, 0.1) is 0 Å². The van der Waals surface area contributed by atoms with E-state index in [2.05, 4.69) is 5.32 Å². The third-order valence-corrected chi connectivity index (χ3v) is 2.99. The van der Waals surface area contributed by atoms with E-state index in [1.165, 1.54) is 11.6 Å². The van der Waals surface area contributed by atoms with Crippen molar-refractivity contribution in [3.8, 4) is 0 Å². The molecule has 1 aromatic rings. The van der Waals surface area contributed by atoms with Crippen molar-refractivity contribution in [1.29, 1.82) is 0 Å². The zero-order valence-corrected chi connectivity index (χ0v) is 12.9. The van der Waals surface area contributed by atoms with Gasteiger partial charge in [-0.15, -0.1) is 0 Å². The van der Waals surface area contributed by atoms with Gasteiger partial charge >= 0.3 is 5.69 Å². The van der Waals surface area contributed by atoms with Gasteiger partial charge in [0.2, 0.25) is 0 Å². The second kappa shape index (κ2) is 6.60. The van der Waals surface area contributed by atoms with Crippen molar-refractivity contribution >= 4 is 11.5 Å². The minimum atomic E-state index is -0.383. The van der Waals surface area contributed by atoms with Crippen LogP contribution in [0.3, 0.4) is 0 Å². The number of nitrogens with zero attached hydrogens (tertiary/aromatic N) is 3. The number of hydrogen-bond acceptors (Lipinski definition) is 5. The maximum atomic E-state index is 12.1. The average molecular weight is 283 g/mol. The highest BCUT2D eigenvalue weighted by Crippen LogP contribution is 2.12. The molecule has 3 N–H and O–H groups in total. The van der Waals surface area contributed by atoms with E-state index < -0.39 is 0 Å². The Kier molecular flexibility index (Phi) is 5.38. The Morgan fingerprint density at radius 1 is 1.30 bits per heavy atom. The maximum Gasteiger partial charge on any atom is 0.332 e. The number of anilines is 2. The number of likely N-dealkylation sites (N-methyl/N-ethyl adjacent to an activating group) is 1. The molecule has 1 heterocycles. The fourth-order valence-corrected chi connectivity index (χ4v) is 1.90. The van der Waals surface area contributed by atoms with Crippen LogP contribution in [0.15, 0.2) is 9.59 Å². The van der Waals surface area contributed by atoms with Gasteiger partial charge in [-0.2, -0.15) is 0 Å². The lowest BCUT2D eigenvalue weighted by Crippen LogP contribution is -2.41. The van der Waals surface area contributed by atoms with E-state index in [1.807, 2.05) is 32.8 Å². The van der Waals surface area contributed by atoms with Gasteiger partial charge in [0.25, 0.3) is 5.56 Å². The molecule has 0 saturated heterocycles. The van der Waals surface area contributed by atoms with Gasteiger partial charge < -0.3 is 16.0 Å². The highest BCUT2D eigenvalue weighted by molar-refractivity contribution is 5.60. The van der Waals surface area contributed by atoms with E-state index in [4.69, 9.17) is 5.73 Å². The van der Waals surface area contributed by atoms with E-state index in [-0.39, 0.29) is 23.0 Å². The summed E-state index contributed by atoms with van der Waals surface area (Å²) in [5.41, 5.74) is 5.53. The molecule has 0 atom stereocenters. The molecule has 1 rings (SSSR count). The molecule has 0 radical (unpaired) electrons. The number of rotatable bonds is 6. The maximum absolute atomic E-state index is 12.1. The van der Waals surface area contributed by atoms with Crippen LogP contribution in [-0.4, -0.2) is 41.2 Å². The van der Waals surface area contributed by atoms with Crippen molar-refractivity contribution in [3.05, 3.63) is 20.8 Å². The summed E-state index contributed by atoms with van der Waals surface area (Å²) < 4.78 is 2.54. The van der Waals surface area contributed by atoms with E-state index in [0.717, 1.165) is 11.1 Å². The van der Waals surface area contributed by atoms with E-state index in [0.29, 0.717) is 18.8 Å². The first-order valence-corrected chi connectivity index (χ1v) is 6.73. The molecule has 0 aromatic carbocycles. The number of nitrogen functional groups attached to an aromatic ring is 1. The SMILES string of the molecule is CC(C)Cn1c(N)c(NCCN(C)C)c(=O)n(C)c1=O. The van der Waals surface area contributed by atoms with Gasteiger partial charge in [-0.25, -0.2) is 4.79 Å². The minimum absolute atomic E-state index is 0.213. The second-order valence-electron chi connectivity index (χ2n) is 5.64. The topological polar surface area (TPSA) is 85.3 Å². The average Bonchev–Trinajstić information content (AvgIpc) is 2.36. The largest absolute Gasteiger partial charge is 0.383 e. The summed E-state index contributed by atoms with van der Waals surface area (Å²) in [6, 6.07) is 0. The molecular formula is C13H25N5O2. The third kappa shape index (κ3) is 3.63. The van der Waals surface area contributed by atoms with Crippen LogP contribution in [0.2, 0.25) is 0 Å². The Labute approximate surface area is 119 Å². The van der Waals surface area contributed by atoms with Crippen LogP contribution in [0.4, 0.5) is 11.5 Å². The van der Waals surface area contributed by atoms with Gasteiger partial charge in [0.1, 0.15) is 11.5 Å². The number of hydrogen-bond donors (Lipinski definition) is 2. The molecule has 114 valence electrons. The van der Waals surface area contributed by atoms with Gasteiger partial charge in [-0.3, -0.25) is 13.9 Å². The van der Waals surface area contributed by atoms with E-state index >= 15 is 0 Å².